The molecule has 0 unspecified atom stereocenters. The minimum atomic E-state index is -0.667. The lowest BCUT2D eigenvalue weighted by Crippen LogP contribution is -2.33. The average Bonchev–Trinajstić information content (AvgIpc) is 3.31. The number of benzene rings is 4. The van der Waals surface area contributed by atoms with Crippen LogP contribution in [0.25, 0.3) is 10.9 Å². The number of hydrogen-bond donors (Lipinski definition) is 0. The number of pyridine rings is 1. The SMILES string of the molecule is CCN(CC)C(=O)Oc1c2c(c(OC(c3ccccc3)c3ccccc3)c3ncccc13)C(=O)N(Cc1ccc(F)cc1)C2=O. The Labute approximate surface area is 259 Å². The molecule has 1 aromatic heterocycles. The molecule has 1 aliphatic heterocycles. The molecule has 0 bridgehead atoms. The predicted octanol–water partition coefficient (Wildman–Crippen LogP) is 7.18. The molecule has 8 nitrogen and oxygen atoms in total. The number of amides is 3. The second-order valence-electron chi connectivity index (χ2n) is 10.5. The van der Waals surface area contributed by atoms with E-state index in [-0.39, 0.29) is 34.7 Å². The molecule has 2 heterocycles. The van der Waals surface area contributed by atoms with Gasteiger partial charge in [0.25, 0.3) is 11.8 Å². The lowest BCUT2D eigenvalue weighted by Gasteiger charge is -2.24. The molecule has 9 heteroatoms. The predicted molar refractivity (Wildman–Crippen MR) is 167 cm³/mol. The van der Waals surface area contributed by atoms with E-state index in [1.54, 1.807) is 18.3 Å². The Morgan fingerprint density at radius 3 is 1.96 bits per heavy atom. The van der Waals surface area contributed by atoms with E-state index in [1.165, 1.54) is 29.2 Å². The van der Waals surface area contributed by atoms with E-state index in [9.17, 15) is 18.8 Å². The molecule has 0 radical (unpaired) electrons. The van der Waals surface area contributed by atoms with E-state index in [0.717, 1.165) is 16.0 Å². The topological polar surface area (TPSA) is 89.0 Å². The Kier molecular flexibility index (Phi) is 8.24. The molecule has 1 aliphatic rings. The summed E-state index contributed by atoms with van der Waals surface area (Å²) in [6.45, 7) is 4.28. The second kappa shape index (κ2) is 12.6. The first-order valence-electron chi connectivity index (χ1n) is 14.7. The summed E-state index contributed by atoms with van der Waals surface area (Å²) in [4.78, 5) is 48.8. The molecular weight excluding hydrogens is 573 g/mol. The second-order valence-corrected chi connectivity index (χ2v) is 10.5. The third-order valence-electron chi connectivity index (χ3n) is 7.79. The van der Waals surface area contributed by atoms with Crippen LogP contribution in [-0.2, 0) is 6.54 Å². The van der Waals surface area contributed by atoms with Gasteiger partial charge in [-0.2, -0.15) is 0 Å². The first kappa shape index (κ1) is 29.5. The number of aromatic nitrogens is 1. The van der Waals surface area contributed by atoms with Gasteiger partial charge in [-0.3, -0.25) is 19.5 Å². The van der Waals surface area contributed by atoms with Crippen molar-refractivity contribution in [2.45, 2.75) is 26.5 Å². The minimum Gasteiger partial charge on any atom is -0.478 e. The fourth-order valence-electron chi connectivity index (χ4n) is 5.49. The molecular formula is C36H30FN3O5. The normalized spacial score (nSPS) is 12.5. The van der Waals surface area contributed by atoms with Crippen LogP contribution in [-0.4, -0.2) is 45.8 Å². The van der Waals surface area contributed by atoms with Gasteiger partial charge in [-0.15, -0.1) is 0 Å². The zero-order valence-electron chi connectivity index (χ0n) is 24.8. The summed E-state index contributed by atoms with van der Waals surface area (Å²) in [5, 5.41) is 0.344. The Hall–Kier alpha value is -5.57. The molecule has 226 valence electrons. The highest BCUT2D eigenvalue weighted by molar-refractivity contribution is 6.27. The molecule has 0 atom stereocenters. The van der Waals surface area contributed by atoms with E-state index in [4.69, 9.17) is 9.47 Å². The van der Waals surface area contributed by atoms with Crippen molar-refractivity contribution in [3.63, 3.8) is 0 Å². The van der Waals surface area contributed by atoms with Crippen LogP contribution in [0.15, 0.2) is 103 Å². The molecule has 0 N–H and O–H groups in total. The maximum absolute atomic E-state index is 14.3. The van der Waals surface area contributed by atoms with Gasteiger partial charge < -0.3 is 14.4 Å². The fraction of sp³-hybridized carbons (Fsp3) is 0.167. The number of fused-ring (bicyclic) bond motifs is 2. The summed E-state index contributed by atoms with van der Waals surface area (Å²) >= 11 is 0. The van der Waals surface area contributed by atoms with Gasteiger partial charge in [0.15, 0.2) is 11.5 Å². The summed E-state index contributed by atoms with van der Waals surface area (Å²) in [5.74, 6) is -1.70. The number of carbonyl (C=O) groups excluding carboxylic acids is 3. The fourth-order valence-corrected chi connectivity index (χ4v) is 5.49. The Morgan fingerprint density at radius 2 is 1.38 bits per heavy atom. The van der Waals surface area contributed by atoms with Crippen molar-refractivity contribution in [1.82, 2.24) is 14.8 Å². The Morgan fingerprint density at radius 1 is 0.800 bits per heavy atom. The van der Waals surface area contributed by atoms with Gasteiger partial charge in [-0.25, -0.2) is 9.18 Å². The van der Waals surface area contributed by atoms with Crippen molar-refractivity contribution in [2.75, 3.05) is 13.1 Å². The number of carbonyl (C=O) groups is 3. The maximum Gasteiger partial charge on any atom is 0.415 e. The molecule has 6 rings (SSSR count). The summed E-state index contributed by atoms with van der Waals surface area (Å²) in [7, 11) is 0. The summed E-state index contributed by atoms with van der Waals surface area (Å²) in [5.41, 5.74) is 2.31. The van der Waals surface area contributed by atoms with Gasteiger partial charge in [0.1, 0.15) is 28.6 Å². The number of nitrogens with zero attached hydrogens (tertiary/aromatic N) is 3. The monoisotopic (exact) mass is 603 g/mol. The third kappa shape index (κ3) is 5.60. The maximum atomic E-state index is 14.3. The molecule has 4 aromatic carbocycles. The summed E-state index contributed by atoms with van der Waals surface area (Å²) in [6, 6.07) is 27.9. The number of imide groups is 1. The lowest BCUT2D eigenvalue weighted by molar-refractivity contribution is 0.0640. The molecule has 0 saturated carbocycles. The van der Waals surface area contributed by atoms with Gasteiger partial charge in [-0.1, -0.05) is 72.8 Å². The molecule has 5 aromatic rings. The van der Waals surface area contributed by atoms with Crippen LogP contribution in [0, 0.1) is 5.82 Å². The van der Waals surface area contributed by atoms with Crippen molar-refractivity contribution in [3.05, 3.63) is 137 Å². The molecule has 0 fully saturated rings. The average molecular weight is 604 g/mol. The van der Waals surface area contributed by atoms with Crippen molar-refractivity contribution in [3.8, 4) is 11.5 Å². The van der Waals surface area contributed by atoms with Gasteiger partial charge in [0.2, 0.25) is 0 Å². The lowest BCUT2D eigenvalue weighted by atomic mass is 9.99. The van der Waals surface area contributed by atoms with E-state index < -0.39 is 29.8 Å². The molecule has 0 saturated heterocycles. The van der Waals surface area contributed by atoms with Crippen LogP contribution in [0.1, 0.15) is 57.4 Å². The minimum absolute atomic E-state index is 0.0486. The summed E-state index contributed by atoms with van der Waals surface area (Å²) < 4.78 is 26.3. The Balaban J connectivity index is 1.56. The van der Waals surface area contributed by atoms with Crippen molar-refractivity contribution in [1.29, 1.82) is 0 Å². The van der Waals surface area contributed by atoms with Crippen LogP contribution in [0.3, 0.4) is 0 Å². The smallest absolute Gasteiger partial charge is 0.415 e. The largest absolute Gasteiger partial charge is 0.478 e. The van der Waals surface area contributed by atoms with Crippen LogP contribution in [0.2, 0.25) is 0 Å². The van der Waals surface area contributed by atoms with Crippen LogP contribution in [0.4, 0.5) is 9.18 Å². The Bertz CT molecular complexity index is 1840. The third-order valence-corrected chi connectivity index (χ3v) is 7.79. The van der Waals surface area contributed by atoms with Gasteiger partial charge in [-0.05, 0) is 54.8 Å². The van der Waals surface area contributed by atoms with Crippen molar-refractivity contribution >= 4 is 28.8 Å². The van der Waals surface area contributed by atoms with Gasteiger partial charge in [0, 0.05) is 24.7 Å². The van der Waals surface area contributed by atoms with Crippen molar-refractivity contribution < 1.29 is 28.2 Å². The zero-order valence-corrected chi connectivity index (χ0v) is 24.8. The molecule has 45 heavy (non-hydrogen) atoms. The van der Waals surface area contributed by atoms with Crippen LogP contribution >= 0.6 is 0 Å². The van der Waals surface area contributed by atoms with E-state index in [2.05, 4.69) is 4.98 Å². The van der Waals surface area contributed by atoms with E-state index in [1.807, 2.05) is 74.5 Å². The highest BCUT2D eigenvalue weighted by Crippen LogP contribution is 2.46. The molecule has 3 amide bonds. The number of hydrogen-bond acceptors (Lipinski definition) is 6. The summed E-state index contributed by atoms with van der Waals surface area (Å²) in [6.07, 6.45) is 0.222. The first-order valence-corrected chi connectivity index (χ1v) is 14.7. The zero-order chi connectivity index (χ0) is 31.5. The van der Waals surface area contributed by atoms with Crippen LogP contribution in [0.5, 0.6) is 11.5 Å². The highest BCUT2D eigenvalue weighted by Gasteiger charge is 2.44. The van der Waals surface area contributed by atoms with Gasteiger partial charge >= 0.3 is 6.09 Å². The van der Waals surface area contributed by atoms with E-state index in [0.29, 0.717) is 24.0 Å². The molecule has 0 aliphatic carbocycles. The first-order chi connectivity index (χ1) is 21.9. The molecule has 0 spiro atoms. The number of ether oxygens (including phenoxy) is 2. The van der Waals surface area contributed by atoms with E-state index >= 15 is 0 Å². The quantitative estimate of drug-likeness (QED) is 0.166. The number of halogens is 1. The van der Waals surface area contributed by atoms with Gasteiger partial charge in [0.05, 0.1) is 6.54 Å². The highest BCUT2D eigenvalue weighted by atomic mass is 19.1. The van der Waals surface area contributed by atoms with Crippen LogP contribution < -0.4 is 9.47 Å². The van der Waals surface area contributed by atoms with Crippen molar-refractivity contribution in [2.24, 2.45) is 0 Å². The number of rotatable bonds is 9. The standard InChI is InChI=1S/C36H30FN3O5/c1-3-39(4-2)36(43)45-32-27-16-11-21-38-30(27)33(44-31(24-12-7-5-8-13-24)25-14-9-6-10-15-25)29-28(32)34(41)40(35(29)42)22-23-17-19-26(37)20-18-23/h5-21,31H,3-4,22H2,1-2H3.